The molecular weight excluding hydrogens is 328 g/mol. The lowest BCUT2D eigenvalue weighted by molar-refractivity contribution is -0.133. The molecule has 1 atom stereocenters. The monoisotopic (exact) mass is 358 g/mol. The van der Waals surface area contributed by atoms with Crippen LogP contribution in [0.15, 0.2) is 12.4 Å². The second kappa shape index (κ2) is 8.01. The quantitative estimate of drug-likeness (QED) is 0.796. The number of carbonyl (C=O) groups excluding carboxylic acids is 1. The van der Waals surface area contributed by atoms with E-state index < -0.39 is 0 Å². The minimum absolute atomic E-state index is 0.0469. The first kappa shape index (κ1) is 18.6. The van der Waals surface area contributed by atoms with E-state index in [1.807, 2.05) is 49.7 Å². The summed E-state index contributed by atoms with van der Waals surface area (Å²) in [6.07, 6.45) is 7.74. The number of nitrogens with zero attached hydrogens (tertiary/aromatic N) is 6. The smallest absolute Gasteiger partial charge is 0.224 e. The largest absolute Gasteiger partial charge is 0.343 e. The van der Waals surface area contributed by atoms with Crippen molar-refractivity contribution in [3.8, 4) is 0 Å². The summed E-state index contributed by atoms with van der Waals surface area (Å²) in [6.45, 7) is 10.7. The lowest BCUT2D eigenvalue weighted by Gasteiger charge is -2.33. The molecule has 0 N–H and O–H groups in total. The van der Waals surface area contributed by atoms with Crippen LogP contribution in [0.1, 0.15) is 56.1 Å². The molecular formula is C19H30N6O. The molecule has 142 valence electrons. The Balaban J connectivity index is 1.44. The van der Waals surface area contributed by atoms with Crippen molar-refractivity contribution >= 4 is 5.91 Å². The molecule has 1 aliphatic rings. The van der Waals surface area contributed by atoms with Crippen molar-refractivity contribution in [2.75, 3.05) is 13.1 Å². The molecule has 3 rings (SSSR count). The van der Waals surface area contributed by atoms with E-state index in [1.54, 1.807) is 0 Å². The first-order valence-electron chi connectivity index (χ1n) is 9.59. The van der Waals surface area contributed by atoms with Crippen LogP contribution < -0.4 is 0 Å². The van der Waals surface area contributed by atoms with Crippen molar-refractivity contribution in [1.29, 1.82) is 0 Å². The van der Waals surface area contributed by atoms with E-state index in [0.29, 0.717) is 12.3 Å². The summed E-state index contributed by atoms with van der Waals surface area (Å²) >= 11 is 0. The molecule has 0 aliphatic carbocycles. The summed E-state index contributed by atoms with van der Waals surface area (Å²) in [4.78, 5) is 23.3. The van der Waals surface area contributed by atoms with Gasteiger partial charge in [-0.05, 0) is 52.9 Å². The highest BCUT2D eigenvalue weighted by Gasteiger charge is 2.24. The molecule has 0 bridgehead atoms. The number of rotatable bonds is 6. The van der Waals surface area contributed by atoms with Crippen molar-refractivity contribution in [3.05, 3.63) is 29.9 Å². The first-order chi connectivity index (χ1) is 12.4. The Morgan fingerprint density at radius 2 is 1.96 bits per heavy atom. The van der Waals surface area contributed by atoms with Crippen LogP contribution in [0.2, 0.25) is 0 Å². The third-order valence-corrected chi connectivity index (χ3v) is 5.46. The fourth-order valence-corrected chi connectivity index (χ4v) is 3.85. The lowest BCUT2D eigenvalue weighted by Crippen LogP contribution is -2.39. The number of likely N-dealkylation sites (tertiary alicyclic amines) is 1. The molecule has 1 aliphatic heterocycles. The summed E-state index contributed by atoms with van der Waals surface area (Å²) in [7, 11) is 0. The van der Waals surface area contributed by atoms with Crippen molar-refractivity contribution in [3.63, 3.8) is 0 Å². The molecule has 2 aromatic rings. The van der Waals surface area contributed by atoms with Crippen molar-refractivity contribution in [1.82, 2.24) is 29.2 Å². The third-order valence-electron chi connectivity index (χ3n) is 5.46. The van der Waals surface area contributed by atoms with Gasteiger partial charge >= 0.3 is 0 Å². The molecule has 0 radical (unpaired) electrons. The van der Waals surface area contributed by atoms with Crippen LogP contribution in [0, 0.1) is 26.7 Å². The number of hydrogen-bond donors (Lipinski definition) is 0. The predicted octanol–water partition coefficient (Wildman–Crippen LogP) is 2.68. The highest BCUT2D eigenvalue weighted by molar-refractivity contribution is 5.76. The van der Waals surface area contributed by atoms with Crippen molar-refractivity contribution in [2.24, 2.45) is 5.92 Å². The molecule has 1 unspecified atom stereocenters. The molecule has 3 heterocycles. The summed E-state index contributed by atoms with van der Waals surface area (Å²) in [6, 6.07) is 0.0469. The van der Waals surface area contributed by atoms with Gasteiger partial charge in [-0.1, -0.05) is 0 Å². The SMILES string of the molecule is Cc1nc(C)n(C(C)CC(=O)N2CCC(CCn3ccnc3C)CC2)n1. The number of aryl methyl sites for hydroxylation is 4. The van der Waals surface area contributed by atoms with Crippen LogP contribution in [0.25, 0.3) is 0 Å². The number of hydrogen-bond acceptors (Lipinski definition) is 4. The average Bonchev–Trinajstić information content (AvgIpc) is 3.18. The summed E-state index contributed by atoms with van der Waals surface area (Å²) < 4.78 is 4.08. The van der Waals surface area contributed by atoms with Gasteiger partial charge in [0.15, 0.2) is 0 Å². The van der Waals surface area contributed by atoms with Crippen molar-refractivity contribution < 1.29 is 4.79 Å². The van der Waals surface area contributed by atoms with Gasteiger partial charge in [0.25, 0.3) is 0 Å². The third kappa shape index (κ3) is 4.31. The Bertz CT molecular complexity index is 741. The van der Waals surface area contributed by atoms with E-state index in [-0.39, 0.29) is 11.9 Å². The predicted molar refractivity (Wildman–Crippen MR) is 99.7 cm³/mol. The molecule has 7 nitrogen and oxygen atoms in total. The normalized spacial score (nSPS) is 16.8. The van der Waals surface area contributed by atoms with Crippen LogP contribution in [0.5, 0.6) is 0 Å². The number of piperidine rings is 1. The highest BCUT2D eigenvalue weighted by atomic mass is 16.2. The maximum absolute atomic E-state index is 12.6. The van der Waals surface area contributed by atoms with Gasteiger partial charge in [-0.3, -0.25) is 4.79 Å². The van der Waals surface area contributed by atoms with Crippen molar-refractivity contribution in [2.45, 2.75) is 66.0 Å². The number of amides is 1. The van der Waals surface area contributed by atoms with Gasteiger partial charge in [-0.15, -0.1) is 0 Å². The molecule has 1 saturated heterocycles. The number of carbonyl (C=O) groups is 1. The van der Waals surface area contributed by atoms with E-state index in [9.17, 15) is 4.79 Å². The van der Waals surface area contributed by atoms with Gasteiger partial charge in [-0.2, -0.15) is 5.10 Å². The maximum atomic E-state index is 12.6. The standard InChI is InChI=1S/C19H30N6O/c1-14(25-17(4)21-15(2)22-25)13-19(26)24-10-6-18(7-11-24)5-9-23-12-8-20-16(23)3/h8,12,14,18H,5-7,9-11,13H2,1-4H3. The zero-order valence-corrected chi connectivity index (χ0v) is 16.4. The van der Waals surface area contributed by atoms with Crippen LogP contribution in [0.3, 0.4) is 0 Å². The van der Waals surface area contributed by atoms with Crippen LogP contribution in [-0.4, -0.2) is 48.2 Å². The van der Waals surface area contributed by atoms with E-state index in [0.717, 1.165) is 56.4 Å². The van der Waals surface area contributed by atoms with Gasteiger partial charge in [0, 0.05) is 38.4 Å². The van der Waals surface area contributed by atoms with Crippen LogP contribution >= 0.6 is 0 Å². The lowest BCUT2D eigenvalue weighted by atomic mass is 9.93. The molecule has 1 amide bonds. The average molecular weight is 358 g/mol. The molecule has 2 aromatic heterocycles. The summed E-state index contributed by atoms with van der Waals surface area (Å²) in [5, 5.41) is 4.40. The van der Waals surface area contributed by atoms with Gasteiger partial charge in [0.2, 0.25) is 5.91 Å². The highest BCUT2D eigenvalue weighted by Crippen LogP contribution is 2.23. The van der Waals surface area contributed by atoms with Gasteiger partial charge in [0.1, 0.15) is 17.5 Å². The Hall–Kier alpha value is -2.18. The Morgan fingerprint density at radius 1 is 1.23 bits per heavy atom. The van der Waals surface area contributed by atoms with E-state index in [1.165, 1.54) is 0 Å². The Kier molecular flexibility index (Phi) is 5.74. The minimum atomic E-state index is 0.0469. The summed E-state index contributed by atoms with van der Waals surface area (Å²) in [5.41, 5.74) is 0. The second-order valence-corrected chi connectivity index (χ2v) is 7.48. The summed E-state index contributed by atoms with van der Waals surface area (Å²) in [5.74, 6) is 3.63. The minimum Gasteiger partial charge on any atom is -0.343 e. The second-order valence-electron chi connectivity index (χ2n) is 7.48. The van der Waals surface area contributed by atoms with Gasteiger partial charge in [-0.25, -0.2) is 14.6 Å². The van der Waals surface area contributed by atoms with E-state index >= 15 is 0 Å². The molecule has 0 aromatic carbocycles. The number of aromatic nitrogens is 5. The molecule has 0 spiro atoms. The van der Waals surface area contributed by atoms with Gasteiger partial charge < -0.3 is 9.47 Å². The van der Waals surface area contributed by atoms with Gasteiger partial charge in [0.05, 0.1) is 6.04 Å². The van der Waals surface area contributed by atoms with E-state index in [2.05, 4.69) is 19.6 Å². The molecule has 0 saturated carbocycles. The van der Waals surface area contributed by atoms with Crippen LogP contribution in [0.4, 0.5) is 0 Å². The fourth-order valence-electron chi connectivity index (χ4n) is 3.85. The Labute approximate surface area is 155 Å². The molecule has 1 fully saturated rings. The molecule has 7 heteroatoms. The van der Waals surface area contributed by atoms with E-state index in [4.69, 9.17) is 0 Å². The number of imidazole rings is 1. The topological polar surface area (TPSA) is 68.8 Å². The maximum Gasteiger partial charge on any atom is 0.224 e. The zero-order chi connectivity index (χ0) is 18.7. The first-order valence-corrected chi connectivity index (χ1v) is 9.59. The molecule has 26 heavy (non-hydrogen) atoms. The Morgan fingerprint density at radius 3 is 2.54 bits per heavy atom. The van der Waals surface area contributed by atoms with Crippen LogP contribution in [-0.2, 0) is 11.3 Å². The fraction of sp³-hybridized carbons (Fsp3) is 0.684. The zero-order valence-electron chi connectivity index (χ0n) is 16.4.